The number of carbonyl (C=O) groups is 2. The van der Waals surface area contributed by atoms with Crippen molar-refractivity contribution >= 4 is 68.8 Å². The number of hydrogen-bond acceptors (Lipinski definition) is 7. The Balaban J connectivity index is 1.94. The molecule has 3 rings (SSSR count). The lowest BCUT2D eigenvalue weighted by molar-refractivity contribution is -0.111. The number of aromatic nitrogens is 2. The zero-order valence-electron chi connectivity index (χ0n) is 17.4. The van der Waals surface area contributed by atoms with Gasteiger partial charge in [0.25, 0.3) is 0 Å². The Kier molecular flexibility index (Phi) is 8.06. The van der Waals surface area contributed by atoms with Gasteiger partial charge in [0.2, 0.25) is 5.91 Å². The maximum absolute atomic E-state index is 14.3. The van der Waals surface area contributed by atoms with Crippen LogP contribution in [0.15, 0.2) is 53.8 Å². The molecule has 0 atom stereocenters. The molecule has 9 nitrogen and oxygen atoms in total. The Labute approximate surface area is 203 Å². The van der Waals surface area contributed by atoms with Crippen LogP contribution in [-0.2, 0) is 4.79 Å². The molecule has 172 valence electrons. The van der Waals surface area contributed by atoms with Gasteiger partial charge in [-0.15, -0.1) is 0 Å². The van der Waals surface area contributed by atoms with Gasteiger partial charge < -0.3 is 20.7 Å². The minimum Gasteiger partial charge on any atom is -0.489 e. The number of rotatable bonds is 8. The summed E-state index contributed by atoms with van der Waals surface area (Å²) in [6.45, 7) is 3.73. The van der Waals surface area contributed by atoms with Gasteiger partial charge in [-0.3, -0.25) is 9.10 Å². The maximum Gasteiger partial charge on any atom is 0.327 e. The van der Waals surface area contributed by atoms with Crippen LogP contribution in [0.5, 0.6) is 5.75 Å². The van der Waals surface area contributed by atoms with Crippen LogP contribution in [0.1, 0.15) is 0 Å². The number of benzene rings is 2. The highest BCUT2D eigenvalue weighted by Gasteiger charge is 2.15. The molecule has 0 fully saturated rings. The molecule has 0 saturated heterocycles. The molecule has 2 aromatic carbocycles. The molecule has 0 aliphatic carbocycles. The van der Waals surface area contributed by atoms with E-state index in [0.717, 1.165) is 10.4 Å². The molecule has 0 spiro atoms. The van der Waals surface area contributed by atoms with Crippen molar-refractivity contribution in [2.45, 2.75) is 0 Å². The molecule has 0 unspecified atom stereocenters. The number of nitrogens with one attached hydrogen (secondary N) is 3. The normalized spacial score (nSPS) is 10.4. The highest BCUT2D eigenvalue weighted by molar-refractivity contribution is 9.10. The van der Waals surface area contributed by atoms with Gasteiger partial charge in [0.05, 0.1) is 23.4 Å². The fraction of sp³-hybridized carbons (Fsp3) is 0.143. The van der Waals surface area contributed by atoms with E-state index in [4.69, 9.17) is 4.74 Å². The standard InChI is InChI=1S/C21H20BrFN6O3S/c1-3-19(30)27-17-9-13-16(10-18(17)32-7-6-29(33)21(31)24-2)25-11-26-20(13)28-15-5-4-12(22)8-14(15)23/h3-5,8-11,33H,1,6-7H2,2H3,(H,24,31)(H,27,30)(H,25,26,28). The predicted molar refractivity (Wildman–Crippen MR) is 131 cm³/mol. The van der Waals surface area contributed by atoms with Gasteiger partial charge in [0.1, 0.15) is 30.3 Å². The van der Waals surface area contributed by atoms with E-state index in [9.17, 15) is 14.0 Å². The molecule has 0 aliphatic rings. The highest BCUT2D eigenvalue weighted by Crippen LogP contribution is 2.34. The average molecular weight is 535 g/mol. The van der Waals surface area contributed by atoms with Crippen molar-refractivity contribution in [3.8, 4) is 5.75 Å². The van der Waals surface area contributed by atoms with Crippen LogP contribution in [-0.4, -0.2) is 46.4 Å². The van der Waals surface area contributed by atoms with E-state index in [2.05, 4.69) is 61.2 Å². The van der Waals surface area contributed by atoms with Crippen LogP contribution >= 0.6 is 28.7 Å². The third-order valence-corrected chi connectivity index (χ3v) is 5.25. The molecule has 1 heterocycles. The number of amides is 3. The molecule has 3 amide bonds. The number of nitrogens with zero attached hydrogens (tertiary/aromatic N) is 3. The lowest BCUT2D eigenvalue weighted by Gasteiger charge is -2.17. The maximum atomic E-state index is 14.3. The number of carbonyl (C=O) groups excluding carboxylic acids is 2. The van der Waals surface area contributed by atoms with Crippen molar-refractivity contribution in [2.24, 2.45) is 0 Å². The summed E-state index contributed by atoms with van der Waals surface area (Å²) in [7, 11) is 1.49. The van der Waals surface area contributed by atoms with Crippen molar-refractivity contribution < 1.29 is 18.7 Å². The van der Waals surface area contributed by atoms with Crippen molar-refractivity contribution in [2.75, 3.05) is 30.8 Å². The smallest absolute Gasteiger partial charge is 0.327 e. The third kappa shape index (κ3) is 6.11. The fourth-order valence-corrected chi connectivity index (χ4v) is 3.29. The van der Waals surface area contributed by atoms with Gasteiger partial charge in [-0.25, -0.2) is 19.2 Å². The Hall–Kier alpha value is -3.38. The lowest BCUT2D eigenvalue weighted by Crippen LogP contribution is -2.33. The average Bonchev–Trinajstić information content (AvgIpc) is 2.80. The topological polar surface area (TPSA) is 108 Å². The molecule has 12 heteroatoms. The van der Waals surface area contributed by atoms with Crippen LogP contribution in [0.4, 0.5) is 26.4 Å². The molecular weight excluding hydrogens is 515 g/mol. The first kappa shape index (κ1) is 24.3. The molecular formula is C21H20BrFN6O3S. The number of urea groups is 1. The summed E-state index contributed by atoms with van der Waals surface area (Å²) in [5.74, 6) is -0.270. The number of halogens is 2. The molecule has 0 radical (unpaired) electrons. The first-order valence-corrected chi connectivity index (χ1v) is 10.8. The summed E-state index contributed by atoms with van der Waals surface area (Å²) in [6, 6.07) is 7.44. The Morgan fingerprint density at radius 2 is 2.06 bits per heavy atom. The van der Waals surface area contributed by atoms with E-state index in [1.54, 1.807) is 24.3 Å². The second kappa shape index (κ2) is 11.0. The number of anilines is 3. The quantitative estimate of drug-likeness (QED) is 0.254. The van der Waals surface area contributed by atoms with Gasteiger partial charge in [-0.05, 0) is 30.3 Å². The highest BCUT2D eigenvalue weighted by atomic mass is 79.9. The van der Waals surface area contributed by atoms with Gasteiger partial charge >= 0.3 is 6.03 Å². The van der Waals surface area contributed by atoms with E-state index >= 15 is 0 Å². The first-order valence-electron chi connectivity index (χ1n) is 9.57. The largest absolute Gasteiger partial charge is 0.489 e. The monoisotopic (exact) mass is 534 g/mol. The molecule has 1 aromatic heterocycles. The summed E-state index contributed by atoms with van der Waals surface area (Å²) < 4.78 is 21.9. The first-order chi connectivity index (χ1) is 15.8. The molecule has 0 bridgehead atoms. The van der Waals surface area contributed by atoms with Gasteiger partial charge in [0, 0.05) is 23.0 Å². The molecule has 0 aliphatic heterocycles. The van der Waals surface area contributed by atoms with Crippen LogP contribution in [0.2, 0.25) is 0 Å². The zero-order valence-corrected chi connectivity index (χ0v) is 19.9. The second-order valence-corrected chi connectivity index (χ2v) is 7.96. The van der Waals surface area contributed by atoms with Gasteiger partial charge in [-0.2, -0.15) is 0 Å². The van der Waals surface area contributed by atoms with Crippen molar-refractivity contribution in [3.63, 3.8) is 0 Å². The minimum atomic E-state index is -0.469. The molecule has 0 saturated carbocycles. The van der Waals surface area contributed by atoms with Gasteiger partial charge in [0.15, 0.2) is 0 Å². The third-order valence-electron chi connectivity index (χ3n) is 4.37. The van der Waals surface area contributed by atoms with E-state index in [0.29, 0.717) is 32.6 Å². The van der Waals surface area contributed by atoms with E-state index < -0.39 is 11.7 Å². The SMILES string of the molecule is C=CC(=O)Nc1cc2c(Nc3ccc(Br)cc3F)ncnc2cc1OCCN(S)C(=O)NC. The van der Waals surface area contributed by atoms with Crippen molar-refractivity contribution in [1.82, 2.24) is 19.6 Å². The van der Waals surface area contributed by atoms with Crippen LogP contribution in [0, 0.1) is 5.82 Å². The Bertz CT molecular complexity index is 1210. The van der Waals surface area contributed by atoms with E-state index in [1.807, 2.05) is 0 Å². The lowest BCUT2D eigenvalue weighted by atomic mass is 10.1. The summed E-state index contributed by atoms with van der Waals surface area (Å²) in [5, 5.41) is 8.60. The zero-order chi connectivity index (χ0) is 24.0. The summed E-state index contributed by atoms with van der Waals surface area (Å²) in [4.78, 5) is 32.0. The van der Waals surface area contributed by atoms with Crippen molar-refractivity contribution in [3.05, 3.63) is 59.6 Å². The Morgan fingerprint density at radius 3 is 2.76 bits per heavy atom. The number of thiol groups is 1. The van der Waals surface area contributed by atoms with Crippen LogP contribution < -0.4 is 20.7 Å². The molecule has 3 aromatic rings. The molecule has 33 heavy (non-hydrogen) atoms. The fourth-order valence-electron chi connectivity index (χ4n) is 2.78. The van der Waals surface area contributed by atoms with Crippen LogP contribution in [0.25, 0.3) is 10.9 Å². The van der Waals surface area contributed by atoms with Crippen molar-refractivity contribution in [1.29, 1.82) is 0 Å². The number of hydrogen-bond donors (Lipinski definition) is 4. The van der Waals surface area contributed by atoms with Crippen LogP contribution in [0.3, 0.4) is 0 Å². The minimum absolute atomic E-state index is 0.0969. The van der Waals surface area contributed by atoms with E-state index in [1.165, 1.54) is 19.4 Å². The number of fused-ring (bicyclic) bond motifs is 1. The number of ether oxygens (including phenoxy) is 1. The Morgan fingerprint density at radius 1 is 1.27 bits per heavy atom. The summed E-state index contributed by atoms with van der Waals surface area (Å²) in [5.41, 5.74) is 1.04. The molecule has 3 N–H and O–H groups in total. The van der Waals surface area contributed by atoms with E-state index in [-0.39, 0.29) is 24.9 Å². The van der Waals surface area contributed by atoms with Gasteiger partial charge in [-0.1, -0.05) is 35.3 Å². The summed E-state index contributed by atoms with van der Waals surface area (Å²) in [6.07, 6.45) is 2.45. The predicted octanol–water partition coefficient (Wildman–Crippen LogP) is 4.26. The second-order valence-electron chi connectivity index (χ2n) is 6.56. The summed E-state index contributed by atoms with van der Waals surface area (Å²) >= 11 is 7.30.